The van der Waals surface area contributed by atoms with Gasteiger partial charge in [0.05, 0.1) is 0 Å². The van der Waals surface area contributed by atoms with E-state index in [9.17, 15) is 0 Å². The zero-order valence-electron chi connectivity index (χ0n) is 11.6. The summed E-state index contributed by atoms with van der Waals surface area (Å²) in [5, 5.41) is 3.16. The molecule has 4 heteroatoms. The molecular weight excluding hydrogens is 248 g/mol. The molecule has 0 saturated carbocycles. The van der Waals surface area contributed by atoms with Crippen LogP contribution in [-0.4, -0.2) is 12.5 Å². The average molecular weight is 268 g/mol. The first-order valence-corrected chi connectivity index (χ1v) is 6.77. The van der Waals surface area contributed by atoms with Crippen LogP contribution in [0.25, 0.3) is 11.1 Å². The van der Waals surface area contributed by atoms with E-state index in [0.29, 0.717) is 5.96 Å². The van der Waals surface area contributed by atoms with Gasteiger partial charge in [-0.15, -0.1) is 0 Å². The van der Waals surface area contributed by atoms with Crippen LogP contribution in [0.4, 0.5) is 5.69 Å². The van der Waals surface area contributed by atoms with Crippen LogP contribution >= 0.6 is 0 Å². The minimum absolute atomic E-state index is 0.583. The molecule has 2 aromatic carbocycles. The smallest absolute Gasteiger partial charge is 0.210 e. The largest absolute Gasteiger partial charge is 0.325 e. The van der Waals surface area contributed by atoms with Crippen molar-refractivity contribution in [1.29, 1.82) is 0 Å². The van der Waals surface area contributed by atoms with Gasteiger partial charge in [0, 0.05) is 12.2 Å². The van der Waals surface area contributed by atoms with Crippen molar-refractivity contribution in [2.24, 2.45) is 10.8 Å². The van der Waals surface area contributed by atoms with Crippen LogP contribution in [0.15, 0.2) is 59.6 Å². The predicted molar refractivity (Wildman–Crippen MR) is 85.4 cm³/mol. The molecule has 0 spiro atoms. The number of hydrogen-bond donors (Lipinski definition) is 3. The number of aliphatic imine (C=N–C) groups is 1. The highest BCUT2D eigenvalue weighted by Gasteiger charge is 1.99. The average Bonchev–Trinajstić information content (AvgIpc) is 2.53. The lowest BCUT2D eigenvalue weighted by atomic mass is 10.1. The van der Waals surface area contributed by atoms with Gasteiger partial charge in [0.15, 0.2) is 0 Å². The van der Waals surface area contributed by atoms with Gasteiger partial charge in [-0.1, -0.05) is 49.4 Å². The Kier molecular flexibility index (Phi) is 5.15. The lowest BCUT2D eigenvalue weighted by Gasteiger charge is -2.10. The molecule has 0 amide bonds. The molecule has 0 aliphatic carbocycles. The molecule has 4 nitrogen and oxygen atoms in total. The number of anilines is 1. The number of nitrogens with zero attached hydrogens (tertiary/aromatic N) is 1. The first-order chi connectivity index (χ1) is 9.83. The maximum Gasteiger partial charge on any atom is 0.210 e. The Morgan fingerprint density at radius 3 is 2.25 bits per heavy atom. The van der Waals surface area contributed by atoms with Crippen LogP contribution in [0.1, 0.15) is 13.3 Å². The lowest BCUT2D eigenvalue weighted by Crippen LogP contribution is -2.36. The third-order valence-corrected chi connectivity index (χ3v) is 2.89. The minimum atomic E-state index is 0.583. The molecule has 2 aromatic rings. The van der Waals surface area contributed by atoms with Gasteiger partial charge in [0.25, 0.3) is 0 Å². The summed E-state index contributed by atoms with van der Waals surface area (Å²) in [5.41, 5.74) is 5.92. The van der Waals surface area contributed by atoms with E-state index < -0.39 is 0 Å². The molecule has 0 radical (unpaired) electrons. The summed E-state index contributed by atoms with van der Waals surface area (Å²) in [6.07, 6.45) is 0.986. The third-order valence-electron chi connectivity index (χ3n) is 2.89. The summed E-state index contributed by atoms with van der Waals surface area (Å²) in [5.74, 6) is 6.02. The fourth-order valence-corrected chi connectivity index (χ4v) is 1.86. The Labute approximate surface area is 119 Å². The Balaban J connectivity index is 2.08. The Morgan fingerprint density at radius 2 is 1.65 bits per heavy atom. The maximum atomic E-state index is 5.44. The van der Waals surface area contributed by atoms with E-state index in [4.69, 9.17) is 5.84 Å². The molecule has 0 aliphatic rings. The van der Waals surface area contributed by atoms with E-state index in [1.165, 1.54) is 11.1 Å². The highest BCUT2D eigenvalue weighted by atomic mass is 15.3. The molecule has 20 heavy (non-hydrogen) atoms. The number of nitrogens with one attached hydrogen (secondary N) is 2. The zero-order valence-corrected chi connectivity index (χ0v) is 11.6. The molecule has 0 aromatic heterocycles. The number of hydrazine groups is 1. The van der Waals surface area contributed by atoms with Crippen molar-refractivity contribution in [1.82, 2.24) is 5.43 Å². The second-order valence-electron chi connectivity index (χ2n) is 4.44. The molecular formula is C16H20N4. The lowest BCUT2D eigenvalue weighted by molar-refractivity contribution is 0.905. The van der Waals surface area contributed by atoms with E-state index >= 15 is 0 Å². The molecule has 104 valence electrons. The van der Waals surface area contributed by atoms with Gasteiger partial charge in [-0.3, -0.25) is 10.4 Å². The number of nitrogens with two attached hydrogens (primary N) is 1. The highest BCUT2D eigenvalue weighted by molar-refractivity contribution is 5.93. The second-order valence-corrected chi connectivity index (χ2v) is 4.44. The molecule has 0 bridgehead atoms. The summed E-state index contributed by atoms with van der Waals surface area (Å²) >= 11 is 0. The monoisotopic (exact) mass is 268 g/mol. The van der Waals surface area contributed by atoms with Crippen LogP contribution in [0.5, 0.6) is 0 Å². The number of guanidine groups is 1. The van der Waals surface area contributed by atoms with Gasteiger partial charge in [0.2, 0.25) is 5.96 Å². The van der Waals surface area contributed by atoms with Crippen molar-refractivity contribution in [3.63, 3.8) is 0 Å². The molecule has 0 aliphatic heterocycles. The SMILES string of the molecule is CCCN=C(NN)Nc1ccc(-c2ccccc2)cc1. The van der Waals surface area contributed by atoms with Crippen molar-refractivity contribution in [2.45, 2.75) is 13.3 Å². The standard InChI is InChI=1S/C16H20N4/c1-2-12-18-16(20-17)19-15-10-8-14(9-11-15)13-6-4-3-5-7-13/h3-11H,2,12,17H2,1H3,(H2,18,19,20). The van der Waals surface area contributed by atoms with Crippen molar-refractivity contribution in [2.75, 3.05) is 11.9 Å². The van der Waals surface area contributed by atoms with Gasteiger partial charge in [0.1, 0.15) is 0 Å². The van der Waals surface area contributed by atoms with E-state index in [1.807, 2.05) is 30.3 Å². The number of benzene rings is 2. The summed E-state index contributed by atoms with van der Waals surface area (Å²) in [7, 11) is 0. The van der Waals surface area contributed by atoms with Gasteiger partial charge in [-0.25, -0.2) is 5.84 Å². The molecule has 0 atom stereocenters. The van der Waals surface area contributed by atoms with Crippen molar-refractivity contribution >= 4 is 11.6 Å². The van der Waals surface area contributed by atoms with Gasteiger partial charge >= 0.3 is 0 Å². The Bertz CT molecular complexity index is 546. The first kappa shape index (κ1) is 14.1. The normalized spacial score (nSPS) is 11.2. The first-order valence-electron chi connectivity index (χ1n) is 6.77. The molecule has 4 N–H and O–H groups in total. The van der Waals surface area contributed by atoms with Crippen molar-refractivity contribution in [3.8, 4) is 11.1 Å². The van der Waals surface area contributed by atoms with Gasteiger partial charge in [-0.05, 0) is 29.7 Å². The van der Waals surface area contributed by atoms with E-state index in [0.717, 1.165) is 18.7 Å². The molecule has 2 rings (SSSR count). The fourth-order valence-electron chi connectivity index (χ4n) is 1.86. The summed E-state index contributed by atoms with van der Waals surface area (Å²) in [6.45, 7) is 2.82. The van der Waals surface area contributed by atoms with Crippen molar-refractivity contribution in [3.05, 3.63) is 54.6 Å². The topological polar surface area (TPSA) is 62.4 Å². The quantitative estimate of drug-likeness (QED) is 0.346. The van der Waals surface area contributed by atoms with Gasteiger partial charge < -0.3 is 5.32 Å². The summed E-state index contributed by atoms with van der Waals surface area (Å²) in [6, 6.07) is 18.5. The van der Waals surface area contributed by atoms with Crippen LogP contribution in [-0.2, 0) is 0 Å². The van der Waals surface area contributed by atoms with Crippen molar-refractivity contribution < 1.29 is 0 Å². The zero-order chi connectivity index (χ0) is 14.2. The molecule has 0 heterocycles. The van der Waals surface area contributed by atoms with Crippen LogP contribution in [0, 0.1) is 0 Å². The van der Waals surface area contributed by atoms with Crippen LogP contribution in [0.2, 0.25) is 0 Å². The third kappa shape index (κ3) is 3.83. The van der Waals surface area contributed by atoms with E-state index in [1.54, 1.807) is 0 Å². The maximum absolute atomic E-state index is 5.44. The fraction of sp³-hybridized carbons (Fsp3) is 0.188. The highest BCUT2D eigenvalue weighted by Crippen LogP contribution is 2.20. The predicted octanol–water partition coefficient (Wildman–Crippen LogP) is 2.99. The number of rotatable bonds is 4. The van der Waals surface area contributed by atoms with E-state index in [-0.39, 0.29) is 0 Å². The Morgan fingerprint density at radius 1 is 1.00 bits per heavy atom. The molecule has 0 fully saturated rings. The van der Waals surface area contributed by atoms with E-state index in [2.05, 4.69) is 46.9 Å². The van der Waals surface area contributed by atoms with Crippen LogP contribution in [0.3, 0.4) is 0 Å². The molecule has 0 saturated heterocycles. The van der Waals surface area contributed by atoms with Gasteiger partial charge in [-0.2, -0.15) is 0 Å². The van der Waals surface area contributed by atoms with Crippen LogP contribution < -0.4 is 16.6 Å². The Hall–Kier alpha value is -2.33. The summed E-state index contributed by atoms with van der Waals surface area (Å²) in [4.78, 5) is 4.31. The molecule has 0 unspecified atom stereocenters. The minimum Gasteiger partial charge on any atom is -0.325 e. The second kappa shape index (κ2) is 7.31. The number of hydrogen-bond acceptors (Lipinski definition) is 2. The summed E-state index contributed by atoms with van der Waals surface area (Å²) < 4.78 is 0.